The molecule has 0 unspecified atom stereocenters. The predicted octanol–water partition coefficient (Wildman–Crippen LogP) is 1.08. The number of fused-ring (bicyclic) bond motifs is 1. The molecule has 4 heterocycles. The van der Waals surface area contributed by atoms with Gasteiger partial charge in [-0.2, -0.15) is 5.10 Å². The highest BCUT2D eigenvalue weighted by molar-refractivity contribution is 5.78. The molecule has 2 fully saturated rings. The number of urea groups is 1. The van der Waals surface area contributed by atoms with Gasteiger partial charge in [0.1, 0.15) is 0 Å². The highest BCUT2D eigenvalue weighted by Gasteiger charge is 2.34. The summed E-state index contributed by atoms with van der Waals surface area (Å²) >= 11 is 0. The Labute approximate surface area is 135 Å². The second-order valence-corrected chi connectivity index (χ2v) is 6.72. The molecule has 0 spiro atoms. The largest absolute Gasteiger partial charge is 0.340 e. The molecule has 124 valence electrons. The molecule has 3 amide bonds. The number of aromatic nitrogens is 2. The van der Waals surface area contributed by atoms with E-state index in [1.807, 2.05) is 25.4 Å². The second kappa shape index (κ2) is 5.86. The Morgan fingerprint density at radius 3 is 2.74 bits per heavy atom. The first-order valence-corrected chi connectivity index (χ1v) is 8.56. The molecule has 7 heteroatoms. The maximum atomic E-state index is 12.7. The minimum absolute atomic E-state index is 0.0577. The lowest BCUT2D eigenvalue weighted by Gasteiger charge is -2.37. The molecule has 0 N–H and O–H groups in total. The lowest BCUT2D eigenvalue weighted by Crippen LogP contribution is -2.49. The number of likely N-dealkylation sites (tertiary alicyclic amines) is 2. The van der Waals surface area contributed by atoms with E-state index in [1.165, 1.54) is 0 Å². The van der Waals surface area contributed by atoms with Crippen LogP contribution in [0.3, 0.4) is 0 Å². The normalized spacial score (nSPS) is 24.4. The van der Waals surface area contributed by atoms with E-state index in [2.05, 4.69) is 5.10 Å². The van der Waals surface area contributed by atoms with Gasteiger partial charge in [-0.1, -0.05) is 0 Å². The van der Waals surface area contributed by atoms with Gasteiger partial charge in [-0.25, -0.2) is 4.79 Å². The Morgan fingerprint density at radius 1 is 1.17 bits per heavy atom. The van der Waals surface area contributed by atoms with Gasteiger partial charge in [-0.05, 0) is 25.3 Å². The lowest BCUT2D eigenvalue weighted by molar-refractivity contribution is -0.128. The summed E-state index contributed by atoms with van der Waals surface area (Å²) in [5.41, 5.74) is 1.06. The zero-order chi connectivity index (χ0) is 15.8. The fraction of sp³-hybridized carbons (Fsp3) is 0.688. The molecular formula is C16H23N5O2. The molecule has 0 bridgehead atoms. The molecular weight excluding hydrogens is 294 g/mol. The lowest BCUT2D eigenvalue weighted by atomic mass is 10.2. The van der Waals surface area contributed by atoms with Gasteiger partial charge in [0.2, 0.25) is 5.91 Å². The van der Waals surface area contributed by atoms with Crippen molar-refractivity contribution in [3.8, 4) is 0 Å². The first kappa shape index (κ1) is 14.5. The van der Waals surface area contributed by atoms with E-state index in [0.29, 0.717) is 26.1 Å². The van der Waals surface area contributed by atoms with Crippen molar-refractivity contribution < 1.29 is 9.59 Å². The third kappa shape index (κ3) is 2.68. The Kier molecular flexibility index (Phi) is 3.71. The maximum absolute atomic E-state index is 12.7. The molecule has 0 aliphatic carbocycles. The van der Waals surface area contributed by atoms with Crippen LogP contribution in [0.2, 0.25) is 0 Å². The highest BCUT2D eigenvalue weighted by atomic mass is 16.2. The van der Waals surface area contributed by atoms with E-state index < -0.39 is 0 Å². The minimum atomic E-state index is 0.0577. The summed E-state index contributed by atoms with van der Waals surface area (Å²) < 4.78 is 2.00. The summed E-state index contributed by atoms with van der Waals surface area (Å²) in [5.74, 6) is 0.224. The summed E-state index contributed by atoms with van der Waals surface area (Å²) in [6, 6.07) is 2.16. The van der Waals surface area contributed by atoms with Crippen LogP contribution in [0.15, 0.2) is 12.3 Å². The molecule has 7 nitrogen and oxygen atoms in total. The van der Waals surface area contributed by atoms with E-state index >= 15 is 0 Å². The van der Waals surface area contributed by atoms with Crippen molar-refractivity contribution in [1.29, 1.82) is 0 Å². The van der Waals surface area contributed by atoms with Gasteiger partial charge in [0.05, 0.1) is 18.3 Å². The smallest absolute Gasteiger partial charge is 0.320 e. The van der Waals surface area contributed by atoms with Gasteiger partial charge in [0.15, 0.2) is 0 Å². The van der Waals surface area contributed by atoms with Gasteiger partial charge < -0.3 is 14.7 Å². The number of carbonyl (C=O) groups is 2. The van der Waals surface area contributed by atoms with Crippen LogP contribution in [0, 0.1) is 0 Å². The van der Waals surface area contributed by atoms with Crippen LogP contribution in [-0.2, 0) is 11.3 Å². The molecule has 2 saturated heterocycles. The van der Waals surface area contributed by atoms with E-state index in [9.17, 15) is 9.59 Å². The average molecular weight is 317 g/mol. The summed E-state index contributed by atoms with van der Waals surface area (Å²) in [7, 11) is 0. The Hall–Kier alpha value is -2.05. The molecule has 1 aromatic rings. The molecule has 0 radical (unpaired) electrons. The van der Waals surface area contributed by atoms with Crippen molar-refractivity contribution in [1.82, 2.24) is 24.5 Å². The van der Waals surface area contributed by atoms with Gasteiger partial charge >= 0.3 is 6.03 Å². The number of hydrogen-bond acceptors (Lipinski definition) is 3. The van der Waals surface area contributed by atoms with E-state index in [4.69, 9.17) is 0 Å². The molecule has 1 atom stereocenters. The Balaban J connectivity index is 1.51. The van der Waals surface area contributed by atoms with E-state index in [0.717, 1.165) is 44.6 Å². The van der Waals surface area contributed by atoms with Crippen LogP contribution in [0.25, 0.3) is 0 Å². The topological polar surface area (TPSA) is 61.7 Å². The second-order valence-electron chi connectivity index (χ2n) is 6.72. The molecule has 3 aliphatic heterocycles. The number of carbonyl (C=O) groups excluding carboxylic acids is 2. The van der Waals surface area contributed by atoms with Crippen molar-refractivity contribution in [2.24, 2.45) is 0 Å². The van der Waals surface area contributed by atoms with Gasteiger partial charge in [0.25, 0.3) is 0 Å². The SMILES string of the molecule is O=C1CCCN1C[C@@H]1CN(C(=O)N2CCCC2)Cc2ccnn21. The van der Waals surface area contributed by atoms with Crippen LogP contribution >= 0.6 is 0 Å². The van der Waals surface area contributed by atoms with Crippen molar-refractivity contribution >= 4 is 11.9 Å². The van der Waals surface area contributed by atoms with Crippen LogP contribution in [0.5, 0.6) is 0 Å². The summed E-state index contributed by atoms with van der Waals surface area (Å²) in [6.45, 7) is 4.45. The Bertz CT molecular complexity index is 607. The number of rotatable bonds is 2. The third-order valence-corrected chi connectivity index (χ3v) is 5.13. The van der Waals surface area contributed by atoms with Crippen molar-refractivity contribution in [2.45, 2.75) is 38.3 Å². The fourth-order valence-electron chi connectivity index (χ4n) is 3.93. The van der Waals surface area contributed by atoms with Crippen molar-refractivity contribution in [3.05, 3.63) is 18.0 Å². The summed E-state index contributed by atoms with van der Waals surface area (Å²) in [4.78, 5) is 30.4. The Morgan fingerprint density at radius 2 is 2.00 bits per heavy atom. The molecule has 1 aromatic heterocycles. The molecule has 0 saturated carbocycles. The molecule has 3 aliphatic rings. The monoisotopic (exact) mass is 317 g/mol. The highest BCUT2D eigenvalue weighted by Crippen LogP contribution is 2.25. The van der Waals surface area contributed by atoms with Crippen LogP contribution in [0.4, 0.5) is 4.79 Å². The predicted molar refractivity (Wildman–Crippen MR) is 83.7 cm³/mol. The van der Waals surface area contributed by atoms with E-state index in [1.54, 1.807) is 6.20 Å². The van der Waals surface area contributed by atoms with Crippen LogP contribution in [0.1, 0.15) is 37.4 Å². The number of nitrogens with zero attached hydrogens (tertiary/aromatic N) is 5. The third-order valence-electron chi connectivity index (χ3n) is 5.13. The van der Waals surface area contributed by atoms with Crippen molar-refractivity contribution in [2.75, 3.05) is 32.7 Å². The molecule has 4 rings (SSSR count). The van der Waals surface area contributed by atoms with E-state index in [-0.39, 0.29) is 18.0 Å². The minimum Gasteiger partial charge on any atom is -0.340 e. The zero-order valence-corrected chi connectivity index (χ0v) is 13.4. The van der Waals surface area contributed by atoms with Crippen molar-refractivity contribution in [3.63, 3.8) is 0 Å². The summed E-state index contributed by atoms with van der Waals surface area (Å²) in [6.07, 6.45) is 5.58. The zero-order valence-electron chi connectivity index (χ0n) is 13.4. The average Bonchev–Trinajstić information content (AvgIpc) is 3.28. The fourth-order valence-corrected chi connectivity index (χ4v) is 3.93. The first-order valence-electron chi connectivity index (χ1n) is 8.56. The van der Waals surface area contributed by atoms with Crippen LogP contribution < -0.4 is 0 Å². The maximum Gasteiger partial charge on any atom is 0.320 e. The number of hydrogen-bond donors (Lipinski definition) is 0. The standard InChI is InChI=1S/C16H23N5O2/c22-15-4-3-9-19(15)11-14-12-20(10-13-5-6-17-21(13)14)16(23)18-7-1-2-8-18/h5-6,14H,1-4,7-12H2/t14-/m1/s1. The van der Waals surface area contributed by atoms with Gasteiger partial charge in [0, 0.05) is 45.3 Å². The molecule has 23 heavy (non-hydrogen) atoms. The van der Waals surface area contributed by atoms with Gasteiger partial charge in [-0.15, -0.1) is 0 Å². The molecule has 0 aromatic carbocycles. The first-order chi connectivity index (χ1) is 11.2. The van der Waals surface area contributed by atoms with Crippen LogP contribution in [-0.4, -0.2) is 69.1 Å². The summed E-state index contributed by atoms with van der Waals surface area (Å²) in [5, 5.41) is 4.42. The quantitative estimate of drug-likeness (QED) is 0.820. The number of amides is 3. The van der Waals surface area contributed by atoms with Gasteiger partial charge in [-0.3, -0.25) is 9.48 Å².